The van der Waals surface area contributed by atoms with Crippen LogP contribution in [0.3, 0.4) is 0 Å². The minimum absolute atomic E-state index is 0.199. The van der Waals surface area contributed by atoms with Gasteiger partial charge < -0.3 is 10.1 Å². The second-order valence-electron chi connectivity index (χ2n) is 5.72. The fourth-order valence-electron chi connectivity index (χ4n) is 3.55. The van der Waals surface area contributed by atoms with E-state index in [9.17, 15) is 0 Å². The van der Waals surface area contributed by atoms with E-state index in [2.05, 4.69) is 18.3 Å². The first-order valence-corrected chi connectivity index (χ1v) is 7.51. The first-order valence-electron chi connectivity index (χ1n) is 7.14. The molecule has 0 saturated heterocycles. The van der Waals surface area contributed by atoms with Crippen molar-refractivity contribution in [2.75, 3.05) is 20.7 Å². The highest BCUT2D eigenvalue weighted by Gasteiger charge is 2.45. The van der Waals surface area contributed by atoms with E-state index in [1.807, 2.05) is 19.2 Å². The van der Waals surface area contributed by atoms with E-state index < -0.39 is 0 Å². The topological polar surface area (TPSA) is 21.3 Å². The van der Waals surface area contributed by atoms with Crippen molar-refractivity contribution in [2.24, 2.45) is 5.92 Å². The van der Waals surface area contributed by atoms with Crippen molar-refractivity contribution in [1.29, 1.82) is 0 Å². The van der Waals surface area contributed by atoms with Crippen LogP contribution in [0, 0.1) is 5.92 Å². The average molecular weight is 282 g/mol. The standard InChI is InChI=1S/C16H24ClNO/c1-4-5-12-9-16(10-12,11-18-2)14-8-13(17)6-7-15(14)19-3/h6-8,12,18H,4-5,9-11H2,1-3H3. The van der Waals surface area contributed by atoms with Crippen molar-refractivity contribution in [1.82, 2.24) is 5.32 Å². The lowest BCUT2D eigenvalue weighted by molar-refractivity contribution is 0.128. The van der Waals surface area contributed by atoms with E-state index >= 15 is 0 Å². The molecule has 0 aromatic heterocycles. The molecule has 0 bridgehead atoms. The molecule has 3 heteroatoms. The van der Waals surface area contributed by atoms with Crippen LogP contribution >= 0.6 is 11.6 Å². The summed E-state index contributed by atoms with van der Waals surface area (Å²) in [6, 6.07) is 5.97. The molecule has 106 valence electrons. The number of methoxy groups -OCH3 is 1. The summed E-state index contributed by atoms with van der Waals surface area (Å²) in [6.07, 6.45) is 5.07. The molecule has 1 aromatic rings. The molecule has 2 nitrogen and oxygen atoms in total. The molecule has 0 atom stereocenters. The van der Waals surface area contributed by atoms with Crippen LogP contribution in [0.2, 0.25) is 5.02 Å². The summed E-state index contributed by atoms with van der Waals surface area (Å²) in [7, 11) is 3.76. The van der Waals surface area contributed by atoms with E-state index in [0.29, 0.717) is 0 Å². The van der Waals surface area contributed by atoms with E-state index in [-0.39, 0.29) is 5.41 Å². The normalized spacial score (nSPS) is 26.0. The fraction of sp³-hybridized carbons (Fsp3) is 0.625. The summed E-state index contributed by atoms with van der Waals surface area (Å²) in [5.74, 6) is 1.82. The Morgan fingerprint density at radius 2 is 2.16 bits per heavy atom. The van der Waals surface area contributed by atoms with Gasteiger partial charge >= 0.3 is 0 Å². The summed E-state index contributed by atoms with van der Waals surface area (Å²) in [6.45, 7) is 3.25. The first-order chi connectivity index (χ1) is 9.15. The van der Waals surface area contributed by atoms with Crippen LogP contribution in [-0.2, 0) is 5.41 Å². The monoisotopic (exact) mass is 281 g/mol. The van der Waals surface area contributed by atoms with Gasteiger partial charge in [0.25, 0.3) is 0 Å². The van der Waals surface area contributed by atoms with E-state index in [1.165, 1.54) is 31.2 Å². The molecule has 1 N–H and O–H groups in total. The molecule has 0 amide bonds. The van der Waals surface area contributed by atoms with Crippen LogP contribution in [0.1, 0.15) is 38.2 Å². The molecule has 1 aliphatic carbocycles. The maximum Gasteiger partial charge on any atom is 0.122 e. The molecule has 0 unspecified atom stereocenters. The van der Waals surface area contributed by atoms with Gasteiger partial charge in [-0.05, 0) is 44.0 Å². The van der Waals surface area contributed by atoms with Gasteiger partial charge in [0.2, 0.25) is 0 Å². The number of halogens is 1. The zero-order valence-electron chi connectivity index (χ0n) is 12.1. The van der Waals surface area contributed by atoms with Gasteiger partial charge in [-0.15, -0.1) is 0 Å². The molecule has 1 saturated carbocycles. The molecule has 19 heavy (non-hydrogen) atoms. The number of ether oxygens (including phenoxy) is 1. The van der Waals surface area contributed by atoms with Crippen molar-refractivity contribution in [2.45, 2.75) is 38.0 Å². The quantitative estimate of drug-likeness (QED) is 0.850. The minimum atomic E-state index is 0.199. The van der Waals surface area contributed by atoms with Crippen LogP contribution in [0.15, 0.2) is 18.2 Å². The van der Waals surface area contributed by atoms with Gasteiger partial charge in [0.15, 0.2) is 0 Å². The highest BCUT2D eigenvalue weighted by atomic mass is 35.5. The van der Waals surface area contributed by atoms with Crippen molar-refractivity contribution < 1.29 is 4.74 Å². The molecule has 2 rings (SSSR count). The molecule has 1 aliphatic rings. The first kappa shape index (κ1) is 14.7. The molecular formula is C16H24ClNO. The van der Waals surface area contributed by atoms with Crippen molar-refractivity contribution in [3.05, 3.63) is 28.8 Å². The van der Waals surface area contributed by atoms with Gasteiger partial charge in [-0.2, -0.15) is 0 Å². The smallest absolute Gasteiger partial charge is 0.122 e. The second kappa shape index (κ2) is 6.15. The van der Waals surface area contributed by atoms with Crippen molar-refractivity contribution >= 4 is 11.6 Å². The van der Waals surface area contributed by atoms with Crippen LogP contribution in [-0.4, -0.2) is 20.7 Å². The molecule has 0 aliphatic heterocycles. The molecule has 0 spiro atoms. The summed E-state index contributed by atoms with van der Waals surface area (Å²) in [5.41, 5.74) is 1.47. The van der Waals surface area contributed by atoms with E-state index in [4.69, 9.17) is 16.3 Å². The van der Waals surface area contributed by atoms with Gasteiger partial charge in [-0.25, -0.2) is 0 Å². The predicted molar refractivity (Wildman–Crippen MR) is 81.2 cm³/mol. The summed E-state index contributed by atoms with van der Waals surface area (Å²) in [5, 5.41) is 4.14. The summed E-state index contributed by atoms with van der Waals surface area (Å²) >= 11 is 6.18. The highest BCUT2D eigenvalue weighted by molar-refractivity contribution is 6.30. The molecular weight excluding hydrogens is 258 g/mol. The fourth-order valence-corrected chi connectivity index (χ4v) is 3.72. The molecule has 1 aromatic carbocycles. The zero-order valence-corrected chi connectivity index (χ0v) is 12.9. The number of hydrogen-bond acceptors (Lipinski definition) is 2. The highest BCUT2D eigenvalue weighted by Crippen LogP contribution is 2.52. The van der Waals surface area contributed by atoms with E-state index in [1.54, 1.807) is 7.11 Å². The van der Waals surface area contributed by atoms with Crippen molar-refractivity contribution in [3.8, 4) is 5.75 Å². The third-order valence-electron chi connectivity index (χ3n) is 4.30. The molecule has 0 heterocycles. The maximum atomic E-state index is 6.18. The Balaban J connectivity index is 2.28. The van der Waals surface area contributed by atoms with Crippen LogP contribution in [0.5, 0.6) is 5.75 Å². The summed E-state index contributed by atoms with van der Waals surface area (Å²) < 4.78 is 5.54. The maximum absolute atomic E-state index is 6.18. The average Bonchev–Trinajstić information content (AvgIpc) is 2.36. The molecule has 0 radical (unpaired) electrons. The number of hydrogen-bond donors (Lipinski definition) is 1. The van der Waals surface area contributed by atoms with Crippen LogP contribution in [0.4, 0.5) is 0 Å². The lowest BCUT2D eigenvalue weighted by atomic mass is 9.57. The Bertz CT molecular complexity index is 427. The van der Waals surface area contributed by atoms with Gasteiger partial charge in [-0.1, -0.05) is 31.4 Å². The van der Waals surface area contributed by atoms with Gasteiger partial charge in [0, 0.05) is 22.5 Å². The van der Waals surface area contributed by atoms with Crippen LogP contribution < -0.4 is 10.1 Å². The SMILES string of the molecule is CCCC1CC(CNC)(c2cc(Cl)ccc2OC)C1. The third-order valence-corrected chi connectivity index (χ3v) is 4.54. The number of benzene rings is 1. The van der Waals surface area contributed by atoms with Crippen molar-refractivity contribution in [3.63, 3.8) is 0 Å². The summed E-state index contributed by atoms with van der Waals surface area (Å²) in [4.78, 5) is 0. The lowest BCUT2D eigenvalue weighted by Gasteiger charge is -2.49. The Kier molecular flexibility index (Phi) is 4.75. The Morgan fingerprint density at radius 1 is 1.42 bits per heavy atom. The number of nitrogens with one attached hydrogen (secondary N) is 1. The Morgan fingerprint density at radius 3 is 2.74 bits per heavy atom. The second-order valence-corrected chi connectivity index (χ2v) is 6.15. The Hall–Kier alpha value is -0.730. The van der Waals surface area contributed by atoms with Crippen LogP contribution in [0.25, 0.3) is 0 Å². The number of likely N-dealkylation sites (N-methyl/N-ethyl adjacent to an activating group) is 1. The third kappa shape index (κ3) is 2.90. The van der Waals surface area contributed by atoms with Gasteiger partial charge in [-0.3, -0.25) is 0 Å². The van der Waals surface area contributed by atoms with Gasteiger partial charge in [0.05, 0.1) is 7.11 Å². The predicted octanol–water partition coefficient (Wildman–Crippen LogP) is 4.02. The van der Waals surface area contributed by atoms with Gasteiger partial charge in [0.1, 0.15) is 5.75 Å². The Labute approximate surface area is 121 Å². The zero-order chi connectivity index (χ0) is 13.9. The minimum Gasteiger partial charge on any atom is -0.496 e. The molecule has 1 fully saturated rings. The largest absolute Gasteiger partial charge is 0.496 e. The van der Waals surface area contributed by atoms with E-state index in [0.717, 1.165) is 23.2 Å². The lowest BCUT2D eigenvalue weighted by Crippen LogP contribution is -2.48. The number of rotatable bonds is 6.